The van der Waals surface area contributed by atoms with Crippen molar-refractivity contribution in [1.82, 2.24) is 4.90 Å². The van der Waals surface area contributed by atoms with Gasteiger partial charge < -0.3 is 20.1 Å². The number of nitrogens with two attached hydrogens (primary N) is 1. The van der Waals surface area contributed by atoms with Gasteiger partial charge in [-0.2, -0.15) is 0 Å². The summed E-state index contributed by atoms with van der Waals surface area (Å²) in [5.74, 6) is 0.877. The maximum atomic E-state index is 5.71. The van der Waals surface area contributed by atoms with Crippen LogP contribution in [-0.2, 0) is 11.2 Å². The molecule has 4 nitrogen and oxygen atoms in total. The Balaban J connectivity index is 2.23. The lowest BCUT2D eigenvalue weighted by Gasteiger charge is -2.16. The summed E-state index contributed by atoms with van der Waals surface area (Å²) in [6, 6.07) is 7.91. The second-order valence-corrected chi connectivity index (χ2v) is 5.31. The van der Waals surface area contributed by atoms with E-state index in [4.69, 9.17) is 27.4 Å². The number of hydrogen-bond acceptors (Lipinski definition) is 4. The number of hydrogen-bond donors (Lipinski definition) is 1. The van der Waals surface area contributed by atoms with Gasteiger partial charge in [0, 0.05) is 33.2 Å². The van der Waals surface area contributed by atoms with E-state index in [0.29, 0.717) is 18.0 Å². The second kappa shape index (κ2) is 9.69. The molecule has 5 heteroatoms. The van der Waals surface area contributed by atoms with E-state index < -0.39 is 0 Å². The summed E-state index contributed by atoms with van der Waals surface area (Å²) >= 11 is 4.88. The zero-order chi connectivity index (χ0) is 14.8. The zero-order valence-electron chi connectivity index (χ0n) is 12.3. The highest BCUT2D eigenvalue weighted by Gasteiger charge is 2.00. The molecule has 0 spiro atoms. The van der Waals surface area contributed by atoms with Crippen molar-refractivity contribution >= 4 is 17.2 Å². The van der Waals surface area contributed by atoms with E-state index in [1.807, 2.05) is 24.3 Å². The summed E-state index contributed by atoms with van der Waals surface area (Å²) in [5, 5.41) is 0. The summed E-state index contributed by atoms with van der Waals surface area (Å²) in [7, 11) is 3.81. The van der Waals surface area contributed by atoms with Crippen molar-refractivity contribution in [3.05, 3.63) is 29.8 Å². The lowest BCUT2D eigenvalue weighted by atomic mass is 10.1. The topological polar surface area (TPSA) is 47.7 Å². The van der Waals surface area contributed by atoms with Crippen LogP contribution in [0, 0.1) is 0 Å². The fraction of sp³-hybridized carbons (Fsp3) is 0.533. The predicted octanol–water partition coefficient (Wildman–Crippen LogP) is 1.86. The number of nitrogens with zero attached hydrogens (tertiary/aromatic N) is 1. The number of benzene rings is 1. The smallest absolute Gasteiger partial charge is 0.119 e. The maximum absolute atomic E-state index is 5.71. The van der Waals surface area contributed by atoms with Crippen LogP contribution >= 0.6 is 12.2 Å². The molecule has 1 aromatic carbocycles. The predicted molar refractivity (Wildman–Crippen MR) is 86.4 cm³/mol. The Morgan fingerprint density at radius 2 is 1.90 bits per heavy atom. The van der Waals surface area contributed by atoms with Crippen molar-refractivity contribution in [2.24, 2.45) is 5.73 Å². The number of rotatable bonds is 10. The maximum Gasteiger partial charge on any atom is 0.119 e. The van der Waals surface area contributed by atoms with Crippen molar-refractivity contribution in [2.75, 3.05) is 40.5 Å². The minimum atomic E-state index is 0.511. The van der Waals surface area contributed by atoms with Crippen LogP contribution in [0.3, 0.4) is 0 Å². The molecule has 1 aromatic rings. The van der Waals surface area contributed by atoms with Crippen molar-refractivity contribution in [1.29, 1.82) is 0 Å². The molecule has 0 aromatic heterocycles. The minimum Gasteiger partial charge on any atom is -0.492 e. The third kappa shape index (κ3) is 7.43. The summed E-state index contributed by atoms with van der Waals surface area (Å²) in [5.41, 5.74) is 6.62. The van der Waals surface area contributed by atoms with Crippen LogP contribution in [0.15, 0.2) is 24.3 Å². The van der Waals surface area contributed by atoms with E-state index in [2.05, 4.69) is 11.9 Å². The molecule has 0 bridgehead atoms. The zero-order valence-corrected chi connectivity index (χ0v) is 13.1. The molecule has 112 valence electrons. The van der Waals surface area contributed by atoms with Gasteiger partial charge in [0.05, 0.1) is 4.99 Å². The molecule has 0 heterocycles. The Morgan fingerprint density at radius 1 is 1.20 bits per heavy atom. The molecular weight excluding hydrogens is 272 g/mol. The Kier molecular flexibility index (Phi) is 8.18. The Hall–Kier alpha value is -1.17. The Morgan fingerprint density at radius 3 is 2.50 bits per heavy atom. The van der Waals surface area contributed by atoms with E-state index in [9.17, 15) is 0 Å². The Bertz CT molecular complexity index is 395. The molecule has 0 aliphatic carbocycles. The number of methoxy groups -OCH3 is 1. The van der Waals surface area contributed by atoms with Gasteiger partial charge in [-0.05, 0) is 31.2 Å². The van der Waals surface area contributed by atoms with Crippen LogP contribution in [0.2, 0.25) is 0 Å². The SMILES string of the molecule is COCCCN(C)CCOc1ccc(CC(N)=S)cc1. The van der Waals surface area contributed by atoms with Crippen molar-refractivity contribution in [3.63, 3.8) is 0 Å². The molecule has 1 rings (SSSR count). The highest BCUT2D eigenvalue weighted by atomic mass is 32.1. The van der Waals surface area contributed by atoms with Crippen LogP contribution in [0.5, 0.6) is 5.75 Å². The molecule has 0 radical (unpaired) electrons. The van der Waals surface area contributed by atoms with Crippen LogP contribution in [0.25, 0.3) is 0 Å². The molecule has 0 fully saturated rings. The van der Waals surface area contributed by atoms with Gasteiger partial charge in [0.25, 0.3) is 0 Å². The van der Waals surface area contributed by atoms with E-state index in [-0.39, 0.29) is 0 Å². The monoisotopic (exact) mass is 296 g/mol. The van der Waals surface area contributed by atoms with Crippen LogP contribution in [-0.4, -0.2) is 50.3 Å². The second-order valence-electron chi connectivity index (χ2n) is 4.79. The minimum absolute atomic E-state index is 0.511. The number of ether oxygens (including phenoxy) is 2. The van der Waals surface area contributed by atoms with Gasteiger partial charge in [-0.15, -0.1) is 0 Å². The average Bonchev–Trinajstić information content (AvgIpc) is 2.40. The normalized spacial score (nSPS) is 10.8. The Labute approximate surface area is 126 Å². The molecule has 0 aliphatic rings. The lowest BCUT2D eigenvalue weighted by Crippen LogP contribution is -2.26. The molecule has 20 heavy (non-hydrogen) atoms. The first-order chi connectivity index (χ1) is 9.61. The van der Waals surface area contributed by atoms with Gasteiger partial charge in [0.2, 0.25) is 0 Å². The molecule has 0 atom stereocenters. The first kappa shape index (κ1) is 16.9. The van der Waals surface area contributed by atoms with Crippen molar-refractivity contribution < 1.29 is 9.47 Å². The summed E-state index contributed by atoms with van der Waals surface area (Å²) in [6.45, 7) is 3.40. The third-order valence-electron chi connectivity index (χ3n) is 2.93. The fourth-order valence-electron chi connectivity index (χ4n) is 1.81. The van der Waals surface area contributed by atoms with Gasteiger partial charge in [-0.1, -0.05) is 24.4 Å². The van der Waals surface area contributed by atoms with Gasteiger partial charge in [0.1, 0.15) is 12.4 Å². The molecule has 0 aliphatic heterocycles. The quantitative estimate of drug-likeness (QED) is 0.527. The van der Waals surface area contributed by atoms with E-state index in [1.165, 1.54) is 0 Å². The highest BCUT2D eigenvalue weighted by molar-refractivity contribution is 7.80. The van der Waals surface area contributed by atoms with Crippen LogP contribution in [0.4, 0.5) is 0 Å². The van der Waals surface area contributed by atoms with Gasteiger partial charge in [-0.3, -0.25) is 0 Å². The van der Waals surface area contributed by atoms with E-state index >= 15 is 0 Å². The standard InChI is InChI=1S/C15H24N2O2S/c1-17(8-3-10-18-2)9-11-19-14-6-4-13(5-7-14)12-15(16)20/h4-7H,3,8-12H2,1-2H3,(H2,16,20). The van der Waals surface area contributed by atoms with Crippen LogP contribution in [0.1, 0.15) is 12.0 Å². The fourth-order valence-corrected chi connectivity index (χ4v) is 1.98. The van der Waals surface area contributed by atoms with Crippen molar-refractivity contribution in [2.45, 2.75) is 12.8 Å². The van der Waals surface area contributed by atoms with Gasteiger partial charge in [-0.25, -0.2) is 0 Å². The van der Waals surface area contributed by atoms with Gasteiger partial charge in [0.15, 0.2) is 0 Å². The van der Waals surface area contributed by atoms with Crippen LogP contribution < -0.4 is 10.5 Å². The first-order valence-electron chi connectivity index (χ1n) is 6.79. The van der Waals surface area contributed by atoms with E-state index in [1.54, 1.807) is 7.11 Å². The third-order valence-corrected chi connectivity index (χ3v) is 3.08. The number of likely N-dealkylation sites (N-methyl/N-ethyl adjacent to an activating group) is 1. The number of thiocarbonyl (C=S) groups is 1. The molecule has 2 N–H and O–H groups in total. The summed E-state index contributed by atoms with van der Waals surface area (Å²) in [6.07, 6.45) is 1.68. The molecular formula is C15H24N2O2S. The summed E-state index contributed by atoms with van der Waals surface area (Å²) in [4.78, 5) is 2.75. The largest absolute Gasteiger partial charge is 0.492 e. The molecule has 0 amide bonds. The van der Waals surface area contributed by atoms with E-state index in [0.717, 1.165) is 37.4 Å². The molecule has 0 saturated carbocycles. The first-order valence-corrected chi connectivity index (χ1v) is 7.20. The van der Waals surface area contributed by atoms with Crippen molar-refractivity contribution in [3.8, 4) is 5.75 Å². The lowest BCUT2D eigenvalue weighted by molar-refractivity contribution is 0.172. The highest BCUT2D eigenvalue weighted by Crippen LogP contribution is 2.12. The molecule has 0 saturated heterocycles. The molecule has 0 unspecified atom stereocenters. The average molecular weight is 296 g/mol. The van der Waals surface area contributed by atoms with Gasteiger partial charge >= 0.3 is 0 Å². The summed E-state index contributed by atoms with van der Waals surface area (Å²) < 4.78 is 10.7.